The Bertz CT molecular complexity index is 357. The molecule has 0 bridgehead atoms. The molecule has 0 aliphatic carbocycles. The quantitative estimate of drug-likeness (QED) is 0.442. The van der Waals surface area contributed by atoms with Crippen molar-refractivity contribution in [2.24, 2.45) is 0 Å². The molecule has 0 aromatic rings. The SMILES string of the molecule is CC(=O)C(=O)OCC(=O)OC(C(F)(F)F)C(F)(F)F. The van der Waals surface area contributed by atoms with E-state index in [0.717, 1.165) is 6.92 Å². The Morgan fingerprint density at radius 2 is 1.42 bits per heavy atom. The molecule has 0 saturated heterocycles. The number of halogens is 6. The molecule has 19 heavy (non-hydrogen) atoms. The van der Waals surface area contributed by atoms with E-state index in [1.807, 2.05) is 0 Å². The summed E-state index contributed by atoms with van der Waals surface area (Å²) in [6.45, 7) is -0.816. The summed E-state index contributed by atoms with van der Waals surface area (Å²) in [4.78, 5) is 31.5. The van der Waals surface area contributed by atoms with Gasteiger partial charge in [-0.1, -0.05) is 0 Å². The summed E-state index contributed by atoms with van der Waals surface area (Å²) in [6.07, 6.45) is -16.1. The first-order chi connectivity index (χ1) is 8.35. The van der Waals surface area contributed by atoms with Crippen LogP contribution in [0.25, 0.3) is 0 Å². The zero-order valence-electron chi connectivity index (χ0n) is 9.09. The molecule has 0 spiro atoms. The Morgan fingerprint density at radius 3 is 1.74 bits per heavy atom. The third kappa shape index (κ3) is 6.06. The summed E-state index contributed by atoms with van der Waals surface area (Å²) in [7, 11) is 0. The number of hydrogen-bond acceptors (Lipinski definition) is 5. The summed E-state index contributed by atoms with van der Waals surface area (Å²) in [5.41, 5.74) is 0. The minimum atomic E-state index is -5.86. The number of ether oxygens (including phenoxy) is 2. The van der Waals surface area contributed by atoms with Crippen LogP contribution in [0.15, 0.2) is 0 Å². The Labute approximate surface area is 101 Å². The highest BCUT2D eigenvalue weighted by Crippen LogP contribution is 2.35. The summed E-state index contributed by atoms with van der Waals surface area (Å²) in [6, 6.07) is 0. The van der Waals surface area contributed by atoms with E-state index in [-0.39, 0.29) is 0 Å². The predicted octanol–water partition coefficient (Wildman–Crippen LogP) is 1.15. The number of esters is 2. The molecule has 0 saturated carbocycles. The van der Waals surface area contributed by atoms with Crippen LogP contribution in [0.1, 0.15) is 6.92 Å². The van der Waals surface area contributed by atoms with E-state index in [9.17, 15) is 40.7 Å². The van der Waals surface area contributed by atoms with Gasteiger partial charge < -0.3 is 9.47 Å². The Kier molecular flexibility index (Phi) is 5.33. The number of Topliss-reactive ketones (excluding diaryl/α,β-unsaturated/α-hetero) is 1. The number of rotatable bonds is 4. The van der Waals surface area contributed by atoms with Gasteiger partial charge in [-0.05, 0) is 0 Å². The van der Waals surface area contributed by atoms with Gasteiger partial charge in [0, 0.05) is 6.92 Å². The van der Waals surface area contributed by atoms with Crippen molar-refractivity contribution < 1.29 is 50.2 Å². The van der Waals surface area contributed by atoms with Crippen LogP contribution in [-0.2, 0) is 23.9 Å². The van der Waals surface area contributed by atoms with Crippen LogP contribution in [0.5, 0.6) is 0 Å². The molecule has 0 fully saturated rings. The minimum Gasteiger partial charge on any atom is -0.448 e. The van der Waals surface area contributed by atoms with E-state index in [0.29, 0.717) is 0 Å². The topological polar surface area (TPSA) is 69.7 Å². The monoisotopic (exact) mass is 296 g/mol. The standard InChI is InChI=1S/C8H6F6O5/c1-3(15)5(17)18-2-4(16)19-6(7(9,10)11)8(12,13)14/h6H,2H2,1H3. The Hall–Kier alpha value is -1.81. The summed E-state index contributed by atoms with van der Waals surface area (Å²) >= 11 is 0. The number of alkyl halides is 6. The number of carbonyl (C=O) groups excluding carboxylic acids is 3. The summed E-state index contributed by atoms with van der Waals surface area (Å²) in [5.74, 6) is -4.86. The van der Waals surface area contributed by atoms with Crippen molar-refractivity contribution in [2.75, 3.05) is 6.61 Å². The fourth-order valence-corrected chi connectivity index (χ4v) is 0.711. The molecular weight excluding hydrogens is 290 g/mol. The van der Waals surface area contributed by atoms with Crippen LogP contribution >= 0.6 is 0 Å². The third-order valence-corrected chi connectivity index (χ3v) is 1.45. The number of ketones is 1. The van der Waals surface area contributed by atoms with Crippen LogP contribution in [0.4, 0.5) is 26.3 Å². The molecule has 0 N–H and O–H groups in total. The van der Waals surface area contributed by atoms with Crippen molar-refractivity contribution in [1.82, 2.24) is 0 Å². The van der Waals surface area contributed by atoms with E-state index in [2.05, 4.69) is 9.47 Å². The molecule has 0 heterocycles. The zero-order valence-corrected chi connectivity index (χ0v) is 9.09. The summed E-state index contributed by atoms with van der Waals surface area (Å²) < 4.78 is 78.6. The Balaban J connectivity index is 4.59. The van der Waals surface area contributed by atoms with Crippen molar-refractivity contribution in [2.45, 2.75) is 25.4 Å². The van der Waals surface area contributed by atoms with E-state index in [4.69, 9.17) is 0 Å². The highest BCUT2D eigenvalue weighted by Gasteiger charge is 2.59. The fourth-order valence-electron chi connectivity index (χ4n) is 0.711. The normalized spacial score (nSPS) is 12.2. The van der Waals surface area contributed by atoms with Crippen LogP contribution < -0.4 is 0 Å². The molecule has 0 rings (SSSR count). The third-order valence-electron chi connectivity index (χ3n) is 1.45. The molecule has 0 aromatic heterocycles. The van der Waals surface area contributed by atoms with Crippen molar-refractivity contribution in [3.63, 3.8) is 0 Å². The highest BCUT2D eigenvalue weighted by molar-refractivity contribution is 6.32. The van der Waals surface area contributed by atoms with Gasteiger partial charge in [0.25, 0.3) is 6.10 Å². The average Bonchev–Trinajstić information content (AvgIpc) is 2.18. The van der Waals surface area contributed by atoms with Crippen molar-refractivity contribution in [1.29, 1.82) is 0 Å². The smallest absolute Gasteiger partial charge is 0.434 e. The fraction of sp³-hybridized carbons (Fsp3) is 0.625. The molecule has 11 heteroatoms. The van der Waals surface area contributed by atoms with Gasteiger partial charge >= 0.3 is 24.3 Å². The van der Waals surface area contributed by atoms with Gasteiger partial charge in [0.1, 0.15) is 0 Å². The Morgan fingerprint density at radius 1 is 1.00 bits per heavy atom. The van der Waals surface area contributed by atoms with Crippen molar-refractivity contribution in [3.8, 4) is 0 Å². The first-order valence-electron chi connectivity index (χ1n) is 4.36. The largest absolute Gasteiger partial charge is 0.448 e. The van der Waals surface area contributed by atoms with Gasteiger partial charge in [0.05, 0.1) is 0 Å². The molecule has 0 radical (unpaired) electrons. The van der Waals surface area contributed by atoms with Crippen molar-refractivity contribution >= 4 is 17.7 Å². The predicted molar refractivity (Wildman–Crippen MR) is 43.6 cm³/mol. The lowest BCUT2D eigenvalue weighted by molar-refractivity contribution is -0.313. The second-order valence-electron chi connectivity index (χ2n) is 3.09. The minimum absolute atomic E-state index is 0.724. The van der Waals surface area contributed by atoms with Gasteiger partial charge in [-0.15, -0.1) is 0 Å². The van der Waals surface area contributed by atoms with Crippen LogP contribution in [-0.4, -0.2) is 42.8 Å². The number of hydrogen-bond donors (Lipinski definition) is 0. The van der Waals surface area contributed by atoms with Gasteiger partial charge in [-0.25, -0.2) is 9.59 Å². The molecule has 5 nitrogen and oxygen atoms in total. The maximum Gasteiger partial charge on any atom is 0.434 e. The molecular formula is C8H6F6O5. The lowest BCUT2D eigenvalue weighted by Crippen LogP contribution is -2.46. The maximum absolute atomic E-state index is 11.9. The molecule has 0 aliphatic heterocycles. The van der Waals surface area contributed by atoms with Gasteiger partial charge in [0.2, 0.25) is 5.78 Å². The van der Waals surface area contributed by atoms with E-state index < -0.39 is 42.8 Å². The molecule has 0 unspecified atom stereocenters. The molecule has 0 atom stereocenters. The van der Waals surface area contributed by atoms with E-state index >= 15 is 0 Å². The van der Waals surface area contributed by atoms with Crippen molar-refractivity contribution in [3.05, 3.63) is 0 Å². The molecule has 110 valence electrons. The molecule has 0 amide bonds. The highest BCUT2D eigenvalue weighted by atomic mass is 19.4. The number of carbonyl (C=O) groups is 3. The first kappa shape index (κ1) is 17.2. The van der Waals surface area contributed by atoms with Gasteiger partial charge in [-0.3, -0.25) is 4.79 Å². The second kappa shape index (κ2) is 5.89. The maximum atomic E-state index is 11.9. The molecule has 0 aliphatic rings. The molecule has 0 aromatic carbocycles. The van der Waals surface area contributed by atoms with E-state index in [1.165, 1.54) is 0 Å². The van der Waals surface area contributed by atoms with E-state index in [1.54, 1.807) is 0 Å². The lowest BCUT2D eigenvalue weighted by atomic mass is 10.3. The second-order valence-corrected chi connectivity index (χ2v) is 3.09. The van der Waals surface area contributed by atoms with Gasteiger partial charge in [-0.2, -0.15) is 26.3 Å². The van der Waals surface area contributed by atoms with Crippen LogP contribution in [0, 0.1) is 0 Å². The average molecular weight is 296 g/mol. The van der Waals surface area contributed by atoms with Crippen LogP contribution in [0.3, 0.4) is 0 Å². The van der Waals surface area contributed by atoms with Gasteiger partial charge in [0.15, 0.2) is 6.61 Å². The lowest BCUT2D eigenvalue weighted by Gasteiger charge is -2.22. The zero-order chi connectivity index (χ0) is 15.4. The summed E-state index contributed by atoms with van der Waals surface area (Å²) in [5, 5.41) is 0. The van der Waals surface area contributed by atoms with Crippen LogP contribution in [0.2, 0.25) is 0 Å². The first-order valence-corrected chi connectivity index (χ1v) is 4.36.